The van der Waals surface area contributed by atoms with Crippen LogP contribution in [0.5, 0.6) is 0 Å². The summed E-state index contributed by atoms with van der Waals surface area (Å²) in [5.74, 6) is 2.44. The summed E-state index contributed by atoms with van der Waals surface area (Å²) in [6.45, 7) is 7.02. The molecule has 2 heterocycles. The first-order valence-corrected chi connectivity index (χ1v) is 13.2. The Balaban J connectivity index is 1.31. The Kier molecular flexibility index (Phi) is 7.55. The Bertz CT molecular complexity index is 1040. The number of Topliss-reactive ketones (excluding diaryl/α,β-unsaturated/α-hetero) is 1. The van der Waals surface area contributed by atoms with Crippen molar-refractivity contribution in [1.29, 1.82) is 0 Å². The van der Waals surface area contributed by atoms with Gasteiger partial charge < -0.3 is 19.4 Å². The minimum absolute atomic E-state index is 0.00541. The van der Waals surface area contributed by atoms with E-state index in [1.807, 2.05) is 55.6 Å². The highest BCUT2D eigenvalue weighted by atomic mass is 32.2. The van der Waals surface area contributed by atoms with E-state index < -0.39 is 11.7 Å². The fourth-order valence-corrected chi connectivity index (χ4v) is 5.51. The van der Waals surface area contributed by atoms with Crippen LogP contribution in [0.15, 0.2) is 28.7 Å². The summed E-state index contributed by atoms with van der Waals surface area (Å²) in [4.78, 5) is 39.5. The minimum Gasteiger partial charge on any atom is -0.451 e. The van der Waals surface area contributed by atoms with Crippen molar-refractivity contribution in [2.45, 2.75) is 64.5 Å². The van der Waals surface area contributed by atoms with Crippen LogP contribution in [0.3, 0.4) is 0 Å². The number of thioether (sulfide) groups is 1. The van der Waals surface area contributed by atoms with Crippen molar-refractivity contribution in [3.05, 3.63) is 35.6 Å². The lowest BCUT2D eigenvalue weighted by Crippen LogP contribution is -2.41. The highest BCUT2D eigenvalue weighted by Gasteiger charge is 2.28. The van der Waals surface area contributed by atoms with Crippen LogP contribution in [-0.2, 0) is 16.0 Å². The van der Waals surface area contributed by atoms with Crippen LogP contribution >= 0.6 is 11.8 Å². The predicted molar refractivity (Wildman–Crippen MR) is 133 cm³/mol. The highest BCUT2D eigenvalue weighted by Crippen LogP contribution is 2.28. The predicted octanol–water partition coefficient (Wildman–Crippen LogP) is 4.82. The van der Waals surface area contributed by atoms with E-state index in [0.29, 0.717) is 17.8 Å². The molecule has 184 valence electrons. The molecule has 0 atom stereocenters. The summed E-state index contributed by atoms with van der Waals surface area (Å²) in [5.41, 5.74) is 1.08. The Morgan fingerprint density at radius 2 is 1.79 bits per heavy atom. The second kappa shape index (κ2) is 10.4. The van der Waals surface area contributed by atoms with Crippen LogP contribution in [0.25, 0.3) is 11.0 Å². The van der Waals surface area contributed by atoms with Crippen molar-refractivity contribution in [3.63, 3.8) is 0 Å². The van der Waals surface area contributed by atoms with Crippen molar-refractivity contribution >= 4 is 40.5 Å². The lowest BCUT2D eigenvalue weighted by Gasteiger charge is -2.29. The molecule has 1 N–H and O–H groups in total. The van der Waals surface area contributed by atoms with E-state index in [9.17, 15) is 14.4 Å². The Morgan fingerprint density at radius 1 is 1.09 bits per heavy atom. The molecule has 7 nitrogen and oxygen atoms in total. The molecule has 2 amide bonds. The highest BCUT2D eigenvalue weighted by molar-refractivity contribution is 7.99. The number of fused-ring (bicyclic) bond motifs is 1. The lowest BCUT2D eigenvalue weighted by molar-refractivity contribution is -0.123. The zero-order valence-electron chi connectivity index (χ0n) is 20.2. The van der Waals surface area contributed by atoms with Crippen LogP contribution < -0.4 is 5.32 Å². The molecule has 1 aromatic carbocycles. The molecule has 0 radical (unpaired) electrons. The van der Waals surface area contributed by atoms with E-state index in [1.165, 1.54) is 0 Å². The average molecular weight is 487 g/mol. The van der Waals surface area contributed by atoms with Crippen molar-refractivity contribution in [3.8, 4) is 0 Å². The zero-order chi connectivity index (χ0) is 24.3. The van der Waals surface area contributed by atoms with E-state index in [1.54, 1.807) is 6.07 Å². The smallest absolute Gasteiger partial charge is 0.407 e. The quantitative estimate of drug-likeness (QED) is 0.652. The van der Waals surface area contributed by atoms with E-state index in [4.69, 9.17) is 9.15 Å². The maximum Gasteiger partial charge on any atom is 0.407 e. The summed E-state index contributed by atoms with van der Waals surface area (Å²) < 4.78 is 11.1. The van der Waals surface area contributed by atoms with E-state index >= 15 is 0 Å². The molecule has 1 aliphatic carbocycles. The summed E-state index contributed by atoms with van der Waals surface area (Å²) in [6, 6.07) is 7.56. The monoisotopic (exact) mass is 486 g/mol. The van der Waals surface area contributed by atoms with Gasteiger partial charge >= 0.3 is 6.09 Å². The number of rotatable bonds is 5. The molecule has 0 unspecified atom stereocenters. The number of carbonyl (C=O) groups excluding carboxylic acids is 3. The third kappa shape index (κ3) is 6.34. The van der Waals surface area contributed by atoms with Crippen molar-refractivity contribution in [2.75, 3.05) is 24.6 Å². The number of hydrogen-bond acceptors (Lipinski definition) is 6. The normalized spacial score (nSPS) is 21.3. The lowest BCUT2D eigenvalue weighted by atomic mass is 9.82. The summed E-state index contributed by atoms with van der Waals surface area (Å²) in [7, 11) is 0. The fourth-order valence-electron chi connectivity index (χ4n) is 4.61. The number of furan rings is 1. The SMILES string of the molecule is CC(C)(C)OC(=O)NC1CCC(C(=O)Cc2ccc3oc(C(=O)N4CCSCC4)cc3c2)CC1. The maximum atomic E-state index is 12.9. The number of benzene rings is 1. The first kappa shape index (κ1) is 24.6. The number of nitrogens with one attached hydrogen (secondary N) is 1. The van der Waals surface area contributed by atoms with Gasteiger partial charge in [-0.3, -0.25) is 9.59 Å². The minimum atomic E-state index is -0.520. The first-order chi connectivity index (χ1) is 16.2. The number of ether oxygens (including phenoxy) is 1. The second-order valence-electron chi connectivity index (χ2n) is 10.2. The van der Waals surface area contributed by atoms with Gasteiger partial charge in [-0.1, -0.05) is 6.07 Å². The molecule has 1 aromatic heterocycles. The van der Waals surface area contributed by atoms with E-state index in [-0.39, 0.29) is 23.7 Å². The molecule has 1 aliphatic heterocycles. The molecule has 1 saturated heterocycles. The standard InChI is InChI=1S/C26H34N2O5S/c1-26(2,3)33-25(31)27-20-7-5-18(6-8-20)21(29)15-17-4-9-22-19(14-17)16-23(32-22)24(30)28-10-12-34-13-11-28/h4,9,14,16,18,20H,5-8,10-13,15H2,1-3H3,(H,27,31). The molecule has 1 saturated carbocycles. The van der Waals surface area contributed by atoms with Gasteiger partial charge in [0.15, 0.2) is 5.76 Å². The molecule has 8 heteroatoms. The number of alkyl carbamates (subject to hydrolysis) is 1. The summed E-state index contributed by atoms with van der Waals surface area (Å²) in [5, 5.41) is 3.78. The summed E-state index contributed by atoms with van der Waals surface area (Å²) in [6.07, 6.45) is 3.05. The van der Waals surface area contributed by atoms with Gasteiger partial charge in [0.1, 0.15) is 17.0 Å². The number of amides is 2. The molecule has 4 rings (SSSR count). The van der Waals surface area contributed by atoms with Crippen molar-refractivity contribution in [1.82, 2.24) is 10.2 Å². The number of carbonyl (C=O) groups is 3. The van der Waals surface area contributed by atoms with E-state index in [2.05, 4.69) is 5.32 Å². The van der Waals surface area contributed by atoms with Gasteiger partial charge in [0.25, 0.3) is 5.91 Å². The third-order valence-corrected chi connectivity index (χ3v) is 7.31. The second-order valence-corrected chi connectivity index (χ2v) is 11.5. The van der Waals surface area contributed by atoms with E-state index in [0.717, 1.165) is 61.2 Å². The Hall–Kier alpha value is -2.48. The number of ketones is 1. The van der Waals surface area contributed by atoms with Crippen molar-refractivity contribution in [2.24, 2.45) is 5.92 Å². The molecule has 2 aliphatic rings. The molecule has 2 aromatic rings. The van der Waals surface area contributed by atoms with Gasteiger partial charge in [-0.25, -0.2) is 4.79 Å². The van der Waals surface area contributed by atoms with Crippen LogP contribution in [0.1, 0.15) is 62.6 Å². The van der Waals surface area contributed by atoms with Gasteiger partial charge in [-0.2, -0.15) is 11.8 Å². The van der Waals surface area contributed by atoms with Gasteiger partial charge in [0, 0.05) is 48.4 Å². The number of hydrogen-bond donors (Lipinski definition) is 1. The van der Waals surface area contributed by atoms with Crippen LogP contribution in [0.4, 0.5) is 4.79 Å². The molecule has 2 fully saturated rings. The third-order valence-electron chi connectivity index (χ3n) is 6.37. The average Bonchev–Trinajstić information content (AvgIpc) is 3.22. The van der Waals surface area contributed by atoms with Crippen LogP contribution in [0.2, 0.25) is 0 Å². The van der Waals surface area contributed by atoms with Gasteiger partial charge in [-0.05, 0) is 70.2 Å². The molecule has 0 spiro atoms. The Morgan fingerprint density at radius 3 is 2.47 bits per heavy atom. The zero-order valence-corrected chi connectivity index (χ0v) is 21.0. The molecule has 34 heavy (non-hydrogen) atoms. The van der Waals surface area contributed by atoms with Gasteiger partial charge in [0.2, 0.25) is 0 Å². The summed E-state index contributed by atoms with van der Waals surface area (Å²) >= 11 is 1.86. The van der Waals surface area contributed by atoms with Gasteiger partial charge in [0.05, 0.1) is 0 Å². The van der Waals surface area contributed by atoms with Crippen molar-refractivity contribution < 1.29 is 23.5 Å². The Labute approximate surface area is 204 Å². The van der Waals surface area contributed by atoms with Crippen LogP contribution in [0, 0.1) is 5.92 Å². The maximum absolute atomic E-state index is 12.9. The molecular weight excluding hydrogens is 452 g/mol. The number of nitrogens with zero attached hydrogens (tertiary/aromatic N) is 1. The fraction of sp³-hybridized carbons (Fsp3) is 0.577. The molecular formula is C26H34N2O5S. The van der Waals surface area contributed by atoms with Crippen LogP contribution in [-0.4, -0.2) is 58.9 Å². The molecule has 0 bridgehead atoms. The topological polar surface area (TPSA) is 88.8 Å². The van der Waals surface area contributed by atoms with Gasteiger partial charge in [-0.15, -0.1) is 0 Å². The largest absolute Gasteiger partial charge is 0.451 e. The first-order valence-electron chi connectivity index (χ1n) is 12.1.